The smallest absolute Gasteiger partial charge is 0.192 e. The Morgan fingerprint density at radius 3 is 1.61 bits per heavy atom. The summed E-state index contributed by atoms with van der Waals surface area (Å²) in [7, 11) is 1.52. The molecule has 1 atom stereocenters. The molecule has 0 fully saturated rings. The lowest BCUT2D eigenvalue weighted by molar-refractivity contribution is -0.00938. The van der Waals surface area contributed by atoms with E-state index in [9.17, 15) is 4.39 Å². The maximum Gasteiger partial charge on any atom is 0.192 e. The molecule has 2 aromatic carbocycles. The summed E-state index contributed by atoms with van der Waals surface area (Å²) in [5.41, 5.74) is 0.439. The quantitative estimate of drug-likeness (QED) is 0.767. The average molecular weight is 309 g/mol. The monoisotopic (exact) mass is 308 g/mol. The van der Waals surface area contributed by atoms with Gasteiger partial charge in [0.15, 0.2) is 10.7 Å². The highest BCUT2D eigenvalue weighted by Crippen LogP contribution is 2.40. The molecule has 1 nitrogen and oxygen atoms in total. The Morgan fingerprint density at radius 2 is 1.33 bits per heavy atom. The van der Waals surface area contributed by atoms with Gasteiger partial charge in [0.25, 0.3) is 0 Å². The summed E-state index contributed by atoms with van der Waals surface area (Å²) < 4.78 is 19.7. The number of hydrogen-bond donors (Lipinski definition) is 0. The Morgan fingerprint density at radius 1 is 0.944 bits per heavy atom. The van der Waals surface area contributed by atoms with E-state index in [1.807, 2.05) is 60.7 Å². The van der Waals surface area contributed by atoms with Crippen molar-refractivity contribution in [3.8, 4) is 0 Å². The van der Waals surface area contributed by atoms with Crippen LogP contribution in [-0.2, 0) is 10.3 Å². The van der Waals surface area contributed by atoms with E-state index < -0.39 is 10.7 Å². The predicted octanol–water partition coefficient (Wildman–Crippen LogP) is 4.27. The minimum atomic E-state index is -1.33. The van der Waals surface area contributed by atoms with Crippen LogP contribution in [0.5, 0.6) is 0 Å². The topological polar surface area (TPSA) is 9.23 Å². The molecule has 0 aliphatic carbocycles. The van der Waals surface area contributed by atoms with Gasteiger partial charge in [-0.05, 0) is 27.1 Å². The largest absolute Gasteiger partial charge is 0.365 e. The van der Waals surface area contributed by atoms with E-state index >= 15 is 0 Å². The molecule has 0 radical (unpaired) electrons. The van der Waals surface area contributed by atoms with Crippen LogP contribution < -0.4 is 0 Å². The normalized spacial score (nSPS) is 13.3. The van der Waals surface area contributed by atoms with Crippen LogP contribution in [0.1, 0.15) is 11.1 Å². The van der Waals surface area contributed by atoms with E-state index in [1.165, 1.54) is 7.11 Å². The first-order valence-electron chi connectivity index (χ1n) is 5.66. The van der Waals surface area contributed by atoms with Crippen molar-refractivity contribution in [2.24, 2.45) is 0 Å². The van der Waals surface area contributed by atoms with Crippen LogP contribution in [0.3, 0.4) is 0 Å². The van der Waals surface area contributed by atoms with E-state index in [4.69, 9.17) is 4.74 Å². The number of halogens is 2. The van der Waals surface area contributed by atoms with Gasteiger partial charge in [-0.2, -0.15) is 0 Å². The number of hydrogen-bond acceptors (Lipinski definition) is 1. The number of alkyl halides is 2. The van der Waals surface area contributed by atoms with Crippen LogP contribution in [0.15, 0.2) is 60.7 Å². The molecule has 0 saturated heterocycles. The Hall–Kier alpha value is -1.19. The molecule has 0 amide bonds. The molecule has 0 N–H and O–H groups in total. The van der Waals surface area contributed by atoms with Crippen molar-refractivity contribution >= 4 is 15.9 Å². The van der Waals surface area contributed by atoms with Crippen molar-refractivity contribution in [1.29, 1.82) is 0 Å². The number of rotatable bonds is 4. The Kier molecular flexibility index (Phi) is 4.15. The number of methoxy groups -OCH3 is 1. The van der Waals surface area contributed by atoms with Gasteiger partial charge in [0.1, 0.15) is 0 Å². The summed E-state index contributed by atoms with van der Waals surface area (Å²) >= 11 is 3.04. The lowest BCUT2D eigenvalue weighted by Crippen LogP contribution is -2.37. The van der Waals surface area contributed by atoms with Crippen molar-refractivity contribution in [2.45, 2.75) is 10.7 Å². The third kappa shape index (κ3) is 2.20. The zero-order valence-corrected chi connectivity index (χ0v) is 11.6. The maximum absolute atomic E-state index is 14.2. The highest BCUT2D eigenvalue weighted by Gasteiger charge is 2.41. The molecule has 0 bridgehead atoms. The van der Waals surface area contributed by atoms with Crippen LogP contribution in [0, 0.1) is 0 Å². The predicted molar refractivity (Wildman–Crippen MR) is 74.5 cm³/mol. The van der Waals surface area contributed by atoms with Crippen LogP contribution in [-0.4, -0.2) is 12.2 Å². The second kappa shape index (κ2) is 5.63. The fourth-order valence-electron chi connectivity index (χ4n) is 2.11. The molecule has 94 valence electrons. The molecule has 0 heterocycles. The summed E-state index contributed by atoms with van der Waals surface area (Å²) in [6.07, 6.45) is 0. The fourth-order valence-corrected chi connectivity index (χ4v) is 2.83. The molecular weight excluding hydrogens is 295 g/mol. The lowest BCUT2D eigenvalue weighted by Gasteiger charge is -2.34. The van der Waals surface area contributed by atoms with Crippen molar-refractivity contribution in [3.63, 3.8) is 0 Å². The lowest BCUT2D eigenvalue weighted by atomic mass is 9.87. The van der Waals surface area contributed by atoms with Gasteiger partial charge in [0.05, 0.1) is 0 Å². The minimum absolute atomic E-state index is 0.781. The highest BCUT2D eigenvalue weighted by molar-refractivity contribution is 9.09. The first kappa shape index (κ1) is 13.2. The van der Waals surface area contributed by atoms with E-state index in [0.717, 1.165) is 11.1 Å². The van der Waals surface area contributed by atoms with E-state index in [0.29, 0.717) is 0 Å². The van der Waals surface area contributed by atoms with Crippen LogP contribution in [0.25, 0.3) is 0 Å². The van der Waals surface area contributed by atoms with Gasteiger partial charge in [-0.25, -0.2) is 4.39 Å². The van der Waals surface area contributed by atoms with E-state index in [-0.39, 0.29) is 0 Å². The van der Waals surface area contributed by atoms with Gasteiger partial charge in [-0.1, -0.05) is 60.7 Å². The Bertz CT molecular complexity index is 445. The third-order valence-electron chi connectivity index (χ3n) is 3.03. The summed E-state index contributed by atoms with van der Waals surface area (Å²) in [6, 6.07) is 18.8. The van der Waals surface area contributed by atoms with Crippen LogP contribution >= 0.6 is 15.9 Å². The second-order valence-electron chi connectivity index (χ2n) is 3.97. The molecule has 18 heavy (non-hydrogen) atoms. The third-order valence-corrected chi connectivity index (χ3v) is 3.68. The molecular formula is C15H14BrFO. The van der Waals surface area contributed by atoms with Crippen molar-refractivity contribution < 1.29 is 9.13 Å². The molecule has 1 unspecified atom stereocenters. The average Bonchev–Trinajstić information content (AvgIpc) is 2.42. The van der Waals surface area contributed by atoms with Crippen LogP contribution in [0.4, 0.5) is 4.39 Å². The standard InChI is InChI=1S/C15H14BrFO/c1-18-15(14(16)17,12-8-4-2-5-9-12)13-10-6-3-7-11-13/h2-11,14H,1H3. The maximum atomic E-state index is 14.2. The minimum Gasteiger partial charge on any atom is -0.365 e. The molecule has 3 heteroatoms. The first-order chi connectivity index (χ1) is 8.71. The Balaban J connectivity index is 2.61. The van der Waals surface area contributed by atoms with Crippen LogP contribution in [0.2, 0.25) is 0 Å². The van der Waals surface area contributed by atoms with Gasteiger partial charge >= 0.3 is 0 Å². The first-order valence-corrected chi connectivity index (χ1v) is 6.57. The SMILES string of the molecule is COC(c1ccccc1)(c1ccccc1)C(F)Br. The number of benzene rings is 2. The van der Waals surface area contributed by atoms with Crippen molar-refractivity contribution in [3.05, 3.63) is 71.8 Å². The molecule has 2 rings (SSSR count). The van der Waals surface area contributed by atoms with Gasteiger partial charge < -0.3 is 4.74 Å². The molecule has 0 spiro atoms. The Labute approximate surface area is 115 Å². The van der Waals surface area contributed by atoms with Gasteiger partial charge in [-0.3, -0.25) is 0 Å². The van der Waals surface area contributed by atoms with Crippen molar-refractivity contribution in [2.75, 3.05) is 7.11 Å². The summed E-state index contributed by atoms with van der Waals surface area (Å²) in [5, 5.41) is -1.33. The number of ether oxygens (including phenoxy) is 1. The zero-order valence-electron chi connectivity index (χ0n) is 10.0. The second-order valence-corrected chi connectivity index (χ2v) is 4.78. The van der Waals surface area contributed by atoms with E-state index in [2.05, 4.69) is 15.9 Å². The summed E-state index contributed by atoms with van der Waals surface area (Å²) in [5.74, 6) is 0. The van der Waals surface area contributed by atoms with Gasteiger partial charge in [0, 0.05) is 7.11 Å². The highest BCUT2D eigenvalue weighted by atomic mass is 79.9. The van der Waals surface area contributed by atoms with Gasteiger partial charge in [-0.15, -0.1) is 0 Å². The van der Waals surface area contributed by atoms with Crippen molar-refractivity contribution in [1.82, 2.24) is 0 Å². The van der Waals surface area contributed by atoms with E-state index in [1.54, 1.807) is 0 Å². The summed E-state index contributed by atoms with van der Waals surface area (Å²) in [6.45, 7) is 0. The summed E-state index contributed by atoms with van der Waals surface area (Å²) in [4.78, 5) is 0. The molecule has 2 aromatic rings. The molecule has 0 aromatic heterocycles. The zero-order chi connectivity index (χ0) is 13.0. The fraction of sp³-hybridized carbons (Fsp3) is 0.200. The molecule has 0 saturated carbocycles. The van der Waals surface area contributed by atoms with Gasteiger partial charge in [0.2, 0.25) is 0 Å². The molecule has 0 aliphatic heterocycles. The molecule has 0 aliphatic rings.